The van der Waals surface area contributed by atoms with Crippen molar-refractivity contribution in [3.05, 3.63) is 50.9 Å². The first-order chi connectivity index (χ1) is 9.54. The highest BCUT2D eigenvalue weighted by atomic mass is 35.5. The van der Waals surface area contributed by atoms with Crippen molar-refractivity contribution in [2.75, 3.05) is 0 Å². The summed E-state index contributed by atoms with van der Waals surface area (Å²) in [5.41, 5.74) is 0.789. The fourth-order valence-electron chi connectivity index (χ4n) is 1.53. The van der Waals surface area contributed by atoms with Crippen molar-refractivity contribution >= 4 is 35.0 Å². The van der Waals surface area contributed by atoms with Crippen molar-refractivity contribution in [2.45, 2.75) is 13.5 Å². The van der Waals surface area contributed by atoms with Gasteiger partial charge in [0.25, 0.3) is 0 Å². The lowest BCUT2D eigenvalue weighted by Crippen LogP contribution is -1.94. The van der Waals surface area contributed by atoms with Crippen molar-refractivity contribution in [3.63, 3.8) is 0 Å². The molecule has 0 spiro atoms. The van der Waals surface area contributed by atoms with Gasteiger partial charge in [-0.05, 0) is 31.2 Å². The molecule has 1 aromatic heterocycles. The largest absolute Gasteiger partial charge is 0.486 e. The number of hydrogen-bond acceptors (Lipinski definition) is 4. The van der Waals surface area contributed by atoms with E-state index in [1.54, 1.807) is 12.1 Å². The lowest BCUT2D eigenvalue weighted by molar-refractivity contribution is -0.131. The third kappa shape index (κ3) is 4.08. The van der Waals surface area contributed by atoms with E-state index in [9.17, 15) is 4.79 Å². The molecule has 0 fully saturated rings. The number of aryl methyl sites for hydroxylation is 1. The highest BCUT2D eigenvalue weighted by Gasteiger charge is 2.06. The van der Waals surface area contributed by atoms with Gasteiger partial charge in [-0.1, -0.05) is 17.7 Å². The molecule has 0 radical (unpaired) electrons. The van der Waals surface area contributed by atoms with Crippen LogP contribution < -0.4 is 4.74 Å². The molecule has 0 unspecified atom stereocenters. The zero-order valence-corrected chi connectivity index (χ0v) is 12.2. The Bertz CT molecular complexity index is 652. The number of carbonyl (C=O) groups is 1. The number of halogens is 1. The summed E-state index contributed by atoms with van der Waals surface area (Å²) in [5.74, 6) is -0.303. The minimum Gasteiger partial charge on any atom is -0.486 e. The van der Waals surface area contributed by atoms with E-state index in [1.807, 2.05) is 19.1 Å². The second kappa shape index (κ2) is 6.54. The normalized spacial score (nSPS) is 10.9. The maximum atomic E-state index is 10.5. The summed E-state index contributed by atoms with van der Waals surface area (Å²) in [7, 11) is 0. The van der Waals surface area contributed by atoms with Crippen LogP contribution in [0.3, 0.4) is 0 Å². The van der Waals surface area contributed by atoms with E-state index < -0.39 is 5.97 Å². The van der Waals surface area contributed by atoms with Crippen LogP contribution >= 0.6 is 22.9 Å². The molecule has 6 heteroatoms. The van der Waals surface area contributed by atoms with Gasteiger partial charge in [-0.25, -0.2) is 9.78 Å². The van der Waals surface area contributed by atoms with Crippen LogP contribution in [0.25, 0.3) is 6.08 Å². The van der Waals surface area contributed by atoms with Crippen LogP contribution in [0, 0.1) is 6.92 Å². The van der Waals surface area contributed by atoms with Gasteiger partial charge in [-0.3, -0.25) is 0 Å². The van der Waals surface area contributed by atoms with Gasteiger partial charge in [0.15, 0.2) is 0 Å². The molecule has 0 amide bonds. The van der Waals surface area contributed by atoms with Crippen molar-refractivity contribution in [1.82, 2.24) is 4.98 Å². The Labute approximate surface area is 125 Å². The number of aliphatic carboxylic acids is 1. The number of thiazole rings is 1. The fraction of sp³-hybridized carbons (Fsp3) is 0.143. The van der Waals surface area contributed by atoms with Crippen LogP contribution in [0.1, 0.15) is 15.6 Å². The number of rotatable bonds is 5. The van der Waals surface area contributed by atoms with Gasteiger partial charge in [0, 0.05) is 11.1 Å². The topological polar surface area (TPSA) is 59.4 Å². The minimum absolute atomic E-state index is 0.326. The molecule has 0 aliphatic carbocycles. The van der Waals surface area contributed by atoms with Crippen molar-refractivity contribution in [1.29, 1.82) is 0 Å². The van der Waals surface area contributed by atoms with E-state index in [-0.39, 0.29) is 0 Å². The summed E-state index contributed by atoms with van der Waals surface area (Å²) < 4.78 is 5.59. The number of nitrogens with zero attached hydrogens (tertiary/aromatic N) is 1. The zero-order valence-electron chi connectivity index (χ0n) is 10.7. The second-order valence-electron chi connectivity index (χ2n) is 3.97. The van der Waals surface area contributed by atoms with Crippen LogP contribution in [0.15, 0.2) is 30.3 Å². The number of hydrogen-bond donors (Lipinski definition) is 1. The van der Waals surface area contributed by atoms with Crippen LogP contribution in [0.5, 0.6) is 5.75 Å². The standard InChI is InChI=1S/C14H12ClNO3S/c1-9-12(5-6-14(17)18)20-13(16-9)8-19-11-4-2-3-10(15)7-11/h2-7H,8H2,1H3,(H,17,18)/b6-5+. The van der Waals surface area contributed by atoms with Gasteiger partial charge in [-0.2, -0.15) is 0 Å². The molecule has 0 atom stereocenters. The van der Waals surface area contributed by atoms with Crippen molar-refractivity contribution in [3.8, 4) is 5.75 Å². The third-order valence-corrected chi connectivity index (χ3v) is 3.74. The Morgan fingerprint density at radius 3 is 3.05 bits per heavy atom. The Balaban J connectivity index is 2.04. The predicted molar refractivity (Wildman–Crippen MR) is 79.3 cm³/mol. The number of carboxylic acids is 1. The molecule has 4 nitrogen and oxygen atoms in total. The SMILES string of the molecule is Cc1nc(COc2cccc(Cl)c2)sc1/C=C/C(=O)O. The highest BCUT2D eigenvalue weighted by Crippen LogP contribution is 2.22. The molecule has 1 heterocycles. The molecule has 1 N–H and O–H groups in total. The molecular formula is C14H12ClNO3S. The molecule has 20 heavy (non-hydrogen) atoms. The van der Waals surface area contributed by atoms with E-state index in [0.717, 1.165) is 21.7 Å². The van der Waals surface area contributed by atoms with Gasteiger partial charge in [0.2, 0.25) is 0 Å². The number of carboxylic acid groups (broad SMARTS) is 1. The number of ether oxygens (including phenoxy) is 1. The van der Waals surface area contributed by atoms with Gasteiger partial charge >= 0.3 is 5.97 Å². The first kappa shape index (κ1) is 14.6. The maximum absolute atomic E-state index is 10.5. The van der Waals surface area contributed by atoms with Gasteiger partial charge in [-0.15, -0.1) is 11.3 Å². The van der Waals surface area contributed by atoms with Gasteiger partial charge in [0.1, 0.15) is 17.4 Å². The number of benzene rings is 1. The van der Waals surface area contributed by atoms with Crippen LogP contribution in [0.2, 0.25) is 5.02 Å². The Morgan fingerprint density at radius 2 is 2.35 bits per heavy atom. The number of aromatic nitrogens is 1. The molecule has 0 saturated heterocycles. The van der Waals surface area contributed by atoms with Gasteiger partial charge < -0.3 is 9.84 Å². The summed E-state index contributed by atoms with van der Waals surface area (Å²) in [5, 5.41) is 10.0. The first-order valence-corrected chi connectivity index (χ1v) is 7.00. The van der Waals surface area contributed by atoms with E-state index in [0.29, 0.717) is 17.4 Å². The lowest BCUT2D eigenvalue weighted by Gasteiger charge is -2.03. The minimum atomic E-state index is -0.977. The van der Waals surface area contributed by atoms with Crippen LogP contribution in [-0.2, 0) is 11.4 Å². The second-order valence-corrected chi connectivity index (χ2v) is 5.53. The van der Waals surface area contributed by atoms with E-state index >= 15 is 0 Å². The fourth-order valence-corrected chi connectivity index (χ4v) is 2.59. The van der Waals surface area contributed by atoms with Crippen molar-refractivity contribution < 1.29 is 14.6 Å². The summed E-state index contributed by atoms with van der Waals surface area (Å²) in [6.45, 7) is 2.16. The zero-order chi connectivity index (χ0) is 14.5. The molecule has 104 valence electrons. The molecule has 0 saturated carbocycles. The summed E-state index contributed by atoms with van der Waals surface area (Å²) in [4.78, 5) is 15.7. The molecule has 0 aliphatic heterocycles. The third-order valence-electron chi connectivity index (χ3n) is 2.41. The molecule has 0 aliphatic rings. The maximum Gasteiger partial charge on any atom is 0.328 e. The van der Waals surface area contributed by atoms with Gasteiger partial charge in [0.05, 0.1) is 10.6 Å². The van der Waals surface area contributed by atoms with Crippen molar-refractivity contribution in [2.24, 2.45) is 0 Å². The smallest absolute Gasteiger partial charge is 0.328 e. The first-order valence-electron chi connectivity index (χ1n) is 5.80. The predicted octanol–water partition coefficient (Wildman–Crippen LogP) is 3.78. The average molecular weight is 310 g/mol. The average Bonchev–Trinajstić information content (AvgIpc) is 2.75. The Hall–Kier alpha value is -1.85. The van der Waals surface area contributed by atoms with Crippen LogP contribution in [0.4, 0.5) is 0 Å². The highest BCUT2D eigenvalue weighted by molar-refractivity contribution is 7.12. The summed E-state index contributed by atoms with van der Waals surface area (Å²) in [6, 6.07) is 7.13. The monoisotopic (exact) mass is 309 g/mol. The summed E-state index contributed by atoms with van der Waals surface area (Å²) >= 11 is 7.27. The van der Waals surface area contributed by atoms with E-state index in [2.05, 4.69) is 4.98 Å². The molecule has 1 aromatic carbocycles. The van der Waals surface area contributed by atoms with E-state index in [4.69, 9.17) is 21.4 Å². The van der Waals surface area contributed by atoms with E-state index in [1.165, 1.54) is 17.4 Å². The summed E-state index contributed by atoms with van der Waals surface area (Å²) in [6.07, 6.45) is 2.64. The Kier molecular flexibility index (Phi) is 4.76. The molecule has 2 aromatic rings. The molecular weight excluding hydrogens is 298 g/mol. The molecule has 2 rings (SSSR count). The lowest BCUT2D eigenvalue weighted by atomic mass is 10.3. The molecule has 0 bridgehead atoms. The van der Waals surface area contributed by atoms with Crippen LogP contribution in [-0.4, -0.2) is 16.1 Å². The quantitative estimate of drug-likeness (QED) is 0.854. The Morgan fingerprint density at radius 1 is 1.55 bits per heavy atom.